The van der Waals surface area contributed by atoms with Gasteiger partial charge in [-0.05, 0) is 19.4 Å². The molecule has 1 aliphatic heterocycles. The van der Waals surface area contributed by atoms with E-state index < -0.39 is 0 Å². The molecule has 0 fully saturated rings. The van der Waals surface area contributed by atoms with Crippen molar-refractivity contribution in [2.75, 3.05) is 5.43 Å². The van der Waals surface area contributed by atoms with Crippen LogP contribution in [0.4, 0.5) is 5.82 Å². The lowest BCUT2D eigenvalue weighted by atomic mass is 10.1. The third-order valence-corrected chi connectivity index (χ3v) is 1.86. The van der Waals surface area contributed by atoms with Crippen molar-refractivity contribution < 1.29 is 4.84 Å². The first-order valence-electron chi connectivity index (χ1n) is 3.43. The van der Waals surface area contributed by atoms with E-state index in [1.54, 1.807) is 0 Å². The molecule has 1 aromatic rings. The number of pyridine rings is 1. The molecular formula is C7H9N3O. The van der Waals surface area contributed by atoms with Crippen LogP contribution in [0.1, 0.15) is 11.1 Å². The van der Waals surface area contributed by atoms with Crippen LogP contribution >= 0.6 is 0 Å². The normalized spacial score (nSPS) is 13.6. The Morgan fingerprint density at radius 1 is 1.45 bits per heavy atom. The third kappa shape index (κ3) is 0.832. The summed E-state index contributed by atoms with van der Waals surface area (Å²) in [5, 5.41) is 0. The van der Waals surface area contributed by atoms with E-state index in [0.29, 0.717) is 0 Å². The number of fused-ring (bicyclic) bond motifs is 1. The SMILES string of the molecule is Cc1cnc2c(c1C)ONN2. The van der Waals surface area contributed by atoms with E-state index in [0.717, 1.165) is 22.7 Å². The van der Waals surface area contributed by atoms with Gasteiger partial charge in [-0.2, -0.15) is 0 Å². The second-order valence-corrected chi connectivity index (χ2v) is 2.57. The lowest BCUT2D eigenvalue weighted by molar-refractivity contribution is 0.245. The first kappa shape index (κ1) is 6.42. The summed E-state index contributed by atoms with van der Waals surface area (Å²) in [6, 6.07) is 0. The molecule has 0 saturated heterocycles. The van der Waals surface area contributed by atoms with Gasteiger partial charge in [0, 0.05) is 11.8 Å². The maximum Gasteiger partial charge on any atom is 0.196 e. The van der Waals surface area contributed by atoms with Gasteiger partial charge in [0.1, 0.15) is 0 Å². The van der Waals surface area contributed by atoms with E-state index in [9.17, 15) is 0 Å². The first-order chi connectivity index (χ1) is 5.29. The first-order valence-corrected chi connectivity index (χ1v) is 3.43. The number of hydrazine groups is 1. The van der Waals surface area contributed by atoms with Crippen molar-refractivity contribution in [3.63, 3.8) is 0 Å². The number of aromatic nitrogens is 1. The van der Waals surface area contributed by atoms with Gasteiger partial charge in [-0.25, -0.2) is 4.98 Å². The molecule has 0 atom stereocenters. The van der Waals surface area contributed by atoms with E-state index in [1.165, 1.54) is 0 Å². The summed E-state index contributed by atoms with van der Waals surface area (Å²) >= 11 is 0. The third-order valence-electron chi connectivity index (χ3n) is 1.86. The van der Waals surface area contributed by atoms with Gasteiger partial charge in [0.15, 0.2) is 11.6 Å². The highest BCUT2D eigenvalue weighted by Gasteiger charge is 2.15. The molecule has 2 heterocycles. The van der Waals surface area contributed by atoms with Crippen molar-refractivity contribution in [3.05, 3.63) is 17.3 Å². The average Bonchev–Trinajstić information content (AvgIpc) is 2.45. The Balaban J connectivity index is 2.62. The zero-order valence-electron chi connectivity index (χ0n) is 6.43. The Morgan fingerprint density at radius 2 is 2.27 bits per heavy atom. The molecule has 1 aliphatic rings. The molecular weight excluding hydrogens is 142 g/mol. The van der Waals surface area contributed by atoms with Gasteiger partial charge in [0.05, 0.1) is 0 Å². The van der Waals surface area contributed by atoms with Gasteiger partial charge >= 0.3 is 0 Å². The summed E-state index contributed by atoms with van der Waals surface area (Å²) in [6.07, 6.45) is 1.82. The van der Waals surface area contributed by atoms with E-state index in [1.807, 2.05) is 20.0 Å². The number of rotatable bonds is 0. The lowest BCUT2D eigenvalue weighted by Crippen LogP contribution is -2.17. The van der Waals surface area contributed by atoms with E-state index in [2.05, 4.69) is 16.0 Å². The van der Waals surface area contributed by atoms with Crippen LogP contribution < -0.4 is 15.9 Å². The molecule has 2 rings (SSSR count). The quantitative estimate of drug-likeness (QED) is 0.578. The fourth-order valence-corrected chi connectivity index (χ4v) is 1.01. The number of hydrogen-bond donors (Lipinski definition) is 2. The van der Waals surface area contributed by atoms with Crippen molar-refractivity contribution in [1.82, 2.24) is 10.6 Å². The molecule has 0 bridgehead atoms. The Bertz CT molecular complexity index is 298. The van der Waals surface area contributed by atoms with Crippen molar-refractivity contribution in [2.45, 2.75) is 13.8 Å². The predicted octanol–water partition coefficient (Wildman–Crippen LogP) is 0.922. The minimum absolute atomic E-state index is 0.758. The highest BCUT2D eigenvalue weighted by Crippen LogP contribution is 2.29. The van der Waals surface area contributed by atoms with Crippen LogP contribution in [0, 0.1) is 13.8 Å². The molecule has 58 valence electrons. The number of nitrogens with one attached hydrogen (secondary N) is 2. The predicted molar refractivity (Wildman–Crippen MR) is 41.1 cm³/mol. The van der Waals surface area contributed by atoms with E-state index >= 15 is 0 Å². The van der Waals surface area contributed by atoms with Crippen LogP contribution in [-0.4, -0.2) is 4.98 Å². The fraction of sp³-hybridized carbons (Fsp3) is 0.286. The van der Waals surface area contributed by atoms with Crippen LogP contribution in [0.3, 0.4) is 0 Å². The monoisotopic (exact) mass is 151 g/mol. The number of anilines is 1. The summed E-state index contributed by atoms with van der Waals surface area (Å²) < 4.78 is 0. The van der Waals surface area contributed by atoms with Crippen LogP contribution in [0.25, 0.3) is 0 Å². The second kappa shape index (κ2) is 2.10. The van der Waals surface area contributed by atoms with Gasteiger partial charge in [-0.3, -0.25) is 5.43 Å². The van der Waals surface area contributed by atoms with E-state index in [4.69, 9.17) is 4.84 Å². The minimum Gasteiger partial charge on any atom is -0.385 e. The molecule has 2 N–H and O–H groups in total. The number of nitrogens with zero attached hydrogens (tertiary/aromatic N) is 1. The standard InChI is InChI=1S/C7H9N3O/c1-4-3-8-7-6(5(4)2)11-10-9-7/h3,10H,1-2H3,(H,8,9). The highest BCUT2D eigenvalue weighted by molar-refractivity contribution is 5.57. The van der Waals surface area contributed by atoms with Gasteiger partial charge in [-0.1, -0.05) is 5.59 Å². The largest absolute Gasteiger partial charge is 0.385 e. The molecule has 4 nitrogen and oxygen atoms in total. The summed E-state index contributed by atoms with van der Waals surface area (Å²) in [7, 11) is 0. The lowest BCUT2D eigenvalue weighted by Gasteiger charge is -2.01. The van der Waals surface area contributed by atoms with Gasteiger partial charge in [-0.15, -0.1) is 0 Å². The molecule has 0 saturated carbocycles. The average molecular weight is 151 g/mol. The zero-order valence-corrected chi connectivity index (χ0v) is 6.43. The number of hydrogen-bond acceptors (Lipinski definition) is 4. The molecule has 0 amide bonds. The van der Waals surface area contributed by atoms with Gasteiger partial charge in [0.25, 0.3) is 0 Å². The van der Waals surface area contributed by atoms with Crippen molar-refractivity contribution in [3.8, 4) is 5.75 Å². The highest BCUT2D eigenvalue weighted by atomic mass is 16.7. The molecule has 0 unspecified atom stereocenters. The van der Waals surface area contributed by atoms with Crippen LogP contribution in [0.5, 0.6) is 5.75 Å². The van der Waals surface area contributed by atoms with Crippen molar-refractivity contribution in [2.24, 2.45) is 0 Å². The van der Waals surface area contributed by atoms with Crippen molar-refractivity contribution in [1.29, 1.82) is 0 Å². The summed E-state index contributed by atoms with van der Waals surface area (Å²) in [4.78, 5) is 9.21. The zero-order chi connectivity index (χ0) is 7.84. The maximum absolute atomic E-state index is 5.09. The molecule has 11 heavy (non-hydrogen) atoms. The Morgan fingerprint density at radius 3 is 3.09 bits per heavy atom. The fourth-order valence-electron chi connectivity index (χ4n) is 1.01. The molecule has 1 aromatic heterocycles. The summed E-state index contributed by atoms with van der Waals surface area (Å²) in [5.74, 6) is 1.55. The van der Waals surface area contributed by atoms with Crippen LogP contribution in [-0.2, 0) is 0 Å². The van der Waals surface area contributed by atoms with Gasteiger partial charge < -0.3 is 4.84 Å². The van der Waals surface area contributed by atoms with E-state index in [-0.39, 0.29) is 0 Å². The minimum atomic E-state index is 0.758. The topological polar surface area (TPSA) is 46.2 Å². The molecule has 0 aliphatic carbocycles. The Hall–Kier alpha value is -1.29. The molecule has 4 heteroatoms. The molecule has 0 aromatic carbocycles. The summed E-state index contributed by atoms with van der Waals surface area (Å²) in [6.45, 7) is 4.01. The second-order valence-electron chi connectivity index (χ2n) is 2.57. The molecule has 0 spiro atoms. The van der Waals surface area contributed by atoms with Crippen molar-refractivity contribution >= 4 is 5.82 Å². The maximum atomic E-state index is 5.09. The summed E-state index contributed by atoms with van der Waals surface area (Å²) in [5.41, 5.74) is 7.58. The Labute approximate surface area is 64.5 Å². The van der Waals surface area contributed by atoms with Crippen LogP contribution in [0.15, 0.2) is 6.20 Å². The smallest absolute Gasteiger partial charge is 0.196 e. The van der Waals surface area contributed by atoms with Gasteiger partial charge in [0.2, 0.25) is 0 Å². The molecule has 0 radical (unpaired) electrons. The Kier molecular flexibility index (Phi) is 1.22. The number of aryl methyl sites for hydroxylation is 1. The van der Waals surface area contributed by atoms with Crippen LogP contribution in [0.2, 0.25) is 0 Å².